The fourth-order valence-electron chi connectivity index (χ4n) is 5.47. The Kier molecular flexibility index (Phi) is 3.96. The van der Waals surface area contributed by atoms with E-state index in [1.165, 1.54) is 23.2 Å². The number of benzene rings is 2. The van der Waals surface area contributed by atoms with Gasteiger partial charge in [-0.2, -0.15) is 14.6 Å². The van der Waals surface area contributed by atoms with Crippen molar-refractivity contribution < 1.29 is 8.78 Å². The molecule has 0 N–H and O–H groups in total. The summed E-state index contributed by atoms with van der Waals surface area (Å²) in [6.07, 6.45) is 3.15. The minimum absolute atomic E-state index is 0.356. The van der Waals surface area contributed by atoms with Gasteiger partial charge in [-0.05, 0) is 61.1 Å². The molecule has 6 nitrogen and oxygen atoms in total. The summed E-state index contributed by atoms with van der Waals surface area (Å²) in [5, 5.41) is 10.1. The van der Waals surface area contributed by atoms with Crippen LogP contribution in [0.1, 0.15) is 12.0 Å². The van der Waals surface area contributed by atoms with Gasteiger partial charge in [0, 0.05) is 31.1 Å². The molecule has 1 saturated heterocycles. The summed E-state index contributed by atoms with van der Waals surface area (Å²) in [7, 11) is 1.57. The lowest BCUT2D eigenvalue weighted by molar-refractivity contribution is 0.512. The second-order valence-corrected chi connectivity index (χ2v) is 9.53. The van der Waals surface area contributed by atoms with E-state index in [0.29, 0.717) is 27.5 Å². The fourth-order valence-corrected chi connectivity index (χ4v) is 5.47. The van der Waals surface area contributed by atoms with Crippen LogP contribution in [0.3, 0.4) is 0 Å². The lowest BCUT2D eigenvalue weighted by Crippen LogP contribution is -2.22. The van der Waals surface area contributed by atoms with Crippen molar-refractivity contribution in [3.05, 3.63) is 66.0 Å². The van der Waals surface area contributed by atoms with Crippen molar-refractivity contribution >= 4 is 27.6 Å². The molecule has 2 aliphatic rings. The van der Waals surface area contributed by atoms with E-state index in [2.05, 4.69) is 10.00 Å². The van der Waals surface area contributed by atoms with Gasteiger partial charge in [0.1, 0.15) is 17.3 Å². The van der Waals surface area contributed by atoms with Gasteiger partial charge < -0.3 is 4.90 Å². The van der Waals surface area contributed by atoms with Crippen molar-refractivity contribution in [1.29, 1.82) is 0 Å². The van der Waals surface area contributed by atoms with Crippen LogP contribution in [0.5, 0.6) is 0 Å². The number of halogens is 2. The van der Waals surface area contributed by atoms with Gasteiger partial charge >= 0.3 is 0 Å². The summed E-state index contributed by atoms with van der Waals surface area (Å²) in [5.41, 5.74) is 3.92. The number of anilines is 1. The molecule has 1 saturated carbocycles. The third-order valence-electron chi connectivity index (χ3n) is 7.26. The summed E-state index contributed by atoms with van der Waals surface area (Å²) in [4.78, 5) is 7.05. The predicted octanol–water partition coefficient (Wildman–Crippen LogP) is 5.02. The lowest BCUT2D eigenvalue weighted by Gasteiger charge is -2.19. The molecule has 1 aliphatic heterocycles. The van der Waals surface area contributed by atoms with Gasteiger partial charge in [0.15, 0.2) is 0 Å². The number of nitrogens with zero attached hydrogens (tertiary/aromatic N) is 6. The number of aryl methyl sites for hydroxylation is 2. The van der Waals surface area contributed by atoms with Crippen molar-refractivity contribution in [2.75, 3.05) is 18.0 Å². The molecule has 8 heteroatoms. The molecule has 0 unspecified atom stereocenters. The molecule has 5 aromatic rings. The van der Waals surface area contributed by atoms with E-state index < -0.39 is 5.95 Å². The van der Waals surface area contributed by atoms with Gasteiger partial charge in [0.2, 0.25) is 5.95 Å². The highest BCUT2D eigenvalue weighted by atomic mass is 19.1. The topological polar surface area (TPSA) is 51.8 Å². The van der Waals surface area contributed by atoms with E-state index in [1.54, 1.807) is 23.9 Å². The molecule has 2 fully saturated rings. The number of fused-ring (bicyclic) bond motifs is 3. The summed E-state index contributed by atoms with van der Waals surface area (Å²) < 4.78 is 32.5. The molecular formula is C26H22F2N6. The largest absolute Gasteiger partial charge is 0.356 e. The molecule has 3 aromatic heterocycles. The molecule has 170 valence electrons. The summed E-state index contributed by atoms with van der Waals surface area (Å²) in [6.45, 7) is 4.01. The number of pyridine rings is 1. The van der Waals surface area contributed by atoms with E-state index in [4.69, 9.17) is 10.1 Å². The Morgan fingerprint density at radius 3 is 2.59 bits per heavy atom. The Balaban J connectivity index is 1.41. The van der Waals surface area contributed by atoms with Crippen LogP contribution in [-0.2, 0) is 7.05 Å². The summed E-state index contributed by atoms with van der Waals surface area (Å²) in [5.74, 6) is 1.82. The smallest absolute Gasteiger partial charge is 0.219 e. The zero-order valence-electron chi connectivity index (χ0n) is 18.8. The summed E-state index contributed by atoms with van der Waals surface area (Å²) in [6, 6.07) is 12.4. The van der Waals surface area contributed by atoms with E-state index in [0.717, 1.165) is 47.5 Å². The third kappa shape index (κ3) is 2.81. The fraction of sp³-hybridized carbons (Fsp3) is 0.269. The summed E-state index contributed by atoms with van der Waals surface area (Å²) >= 11 is 0. The number of piperidine rings is 1. The number of hydrogen-bond donors (Lipinski definition) is 0. The molecule has 2 aromatic carbocycles. The maximum Gasteiger partial charge on any atom is 0.219 e. The Bertz CT molecular complexity index is 1590. The van der Waals surface area contributed by atoms with Gasteiger partial charge in [-0.25, -0.2) is 18.7 Å². The van der Waals surface area contributed by atoms with Crippen molar-refractivity contribution in [2.45, 2.75) is 13.3 Å². The van der Waals surface area contributed by atoms with Crippen LogP contribution in [-0.4, -0.2) is 37.6 Å². The number of aromatic nitrogens is 5. The van der Waals surface area contributed by atoms with Crippen LogP contribution in [0, 0.1) is 30.5 Å². The second-order valence-electron chi connectivity index (χ2n) is 9.53. The molecule has 7 rings (SSSR count). The van der Waals surface area contributed by atoms with Crippen LogP contribution in [0.25, 0.3) is 38.8 Å². The molecule has 34 heavy (non-hydrogen) atoms. The first-order chi connectivity index (χ1) is 16.5. The van der Waals surface area contributed by atoms with Gasteiger partial charge in [-0.1, -0.05) is 12.1 Å². The van der Waals surface area contributed by atoms with Crippen LogP contribution >= 0.6 is 0 Å². The van der Waals surface area contributed by atoms with Crippen molar-refractivity contribution in [3.63, 3.8) is 0 Å². The first-order valence-electron chi connectivity index (χ1n) is 11.5. The molecule has 0 spiro atoms. The minimum atomic E-state index is -0.448. The van der Waals surface area contributed by atoms with Crippen molar-refractivity contribution in [1.82, 2.24) is 24.5 Å². The maximum atomic E-state index is 15.0. The van der Waals surface area contributed by atoms with E-state index in [-0.39, 0.29) is 5.82 Å². The molecule has 4 heterocycles. The lowest BCUT2D eigenvalue weighted by atomic mass is 10.0. The highest BCUT2D eigenvalue weighted by molar-refractivity contribution is 6.03. The second kappa shape index (κ2) is 6.85. The van der Waals surface area contributed by atoms with E-state index in [9.17, 15) is 8.78 Å². The van der Waals surface area contributed by atoms with Crippen LogP contribution in [0.15, 0.2) is 48.7 Å². The molecule has 2 atom stereocenters. The van der Waals surface area contributed by atoms with Gasteiger partial charge in [0.25, 0.3) is 0 Å². The number of rotatable bonds is 3. The van der Waals surface area contributed by atoms with Crippen molar-refractivity contribution in [3.8, 4) is 16.9 Å². The molecule has 1 aliphatic carbocycles. The predicted molar refractivity (Wildman–Crippen MR) is 127 cm³/mol. The SMILES string of the molecule is Cc1cc(F)cc2c(-c3cccc4nn(C)c(F)c34)nn(-c3ccc(N4C[C@H]5C[C@H]5C4)nc3)c12. The Morgan fingerprint density at radius 2 is 1.82 bits per heavy atom. The quantitative estimate of drug-likeness (QED) is 0.383. The zero-order chi connectivity index (χ0) is 23.1. The van der Waals surface area contributed by atoms with Crippen molar-refractivity contribution in [2.24, 2.45) is 18.9 Å². The monoisotopic (exact) mass is 456 g/mol. The minimum Gasteiger partial charge on any atom is -0.356 e. The average Bonchev–Trinajstić information content (AvgIpc) is 3.14. The molecule has 0 amide bonds. The van der Waals surface area contributed by atoms with E-state index >= 15 is 0 Å². The van der Waals surface area contributed by atoms with Gasteiger partial charge in [-0.3, -0.25) is 0 Å². The Hall–Kier alpha value is -3.81. The molecule has 0 bridgehead atoms. The Labute approximate surface area is 194 Å². The Morgan fingerprint density at radius 1 is 1.00 bits per heavy atom. The van der Waals surface area contributed by atoms with Gasteiger partial charge in [0.05, 0.1) is 28.3 Å². The third-order valence-corrected chi connectivity index (χ3v) is 7.26. The van der Waals surface area contributed by atoms with Crippen LogP contribution < -0.4 is 4.90 Å². The molecule has 0 radical (unpaired) electrons. The highest BCUT2D eigenvalue weighted by Gasteiger charge is 2.45. The zero-order valence-corrected chi connectivity index (χ0v) is 18.8. The standard InChI is InChI=1S/C26H22F2N6/c1-14-8-17(27)10-20-24(19-4-3-5-21-23(19)26(28)32(2)30-21)31-34(25(14)20)18-6-7-22(29-11-18)33-12-15-9-16(15)13-33/h3-8,10-11,15-16H,9,12-13H2,1-2H3/t15-,16+. The highest BCUT2D eigenvalue weighted by Crippen LogP contribution is 2.46. The maximum absolute atomic E-state index is 15.0. The normalized spacial score (nSPS) is 19.4. The van der Waals surface area contributed by atoms with Crippen LogP contribution in [0.4, 0.5) is 14.6 Å². The van der Waals surface area contributed by atoms with Gasteiger partial charge in [-0.15, -0.1) is 0 Å². The first-order valence-corrected chi connectivity index (χ1v) is 11.5. The number of hydrogen-bond acceptors (Lipinski definition) is 4. The average molecular weight is 457 g/mol. The van der Waals surface area contributed by atoms with E-state index in [1.807, 2.05) is 31.3 Å². The first kappa shape index (κ1) is 19.6. The van der Waals surface area contributed by atoms with Crippen LogP contribution in [0.2, 0.25) is 0 Å². The molecular weight excluding hydrogens is 434 g/mol.